The number of benzene rings is 2. The minimum absolute atomic E-state index is 0.119. The lowest BCUT2D eigenvalue weighted by molar-refractivity contribution is -0.164. The van der Waals surface area contributed by atoms with Crippen LogP contribution in [0.3, 0.4) is 0 Å². The van der Waals surface area contributed by atoms with Crippen LogP contribution in [0.5, 0.6) is 11.5 Å². The first-order chi connectivity index (χ1) is 27.8. The molecule has 0 fully saturated rings. The zero-order chi connectivity index (χ0) is 40.1. The van der Waals surface area contributed by atoms with Crippen molar-refractivity contribution in [3.05, 3.63) is 107 Å². The van der Waals surface area contributed by atoms with Crippen LogP contribution in [-0.4, -0.2) is 37.6 Å². The first-order valence-electron chi connectivity index (χ1n) is 16.6. The average Bonchev–Trinajstić information content (AvgIpc) is 4.08. The number of esters is 2. The number of carbonyl (C=O) groups excluding carboxylic acids is 2. The van der Waals surface area contributed by atoms with Crippen molar-refractivity contribution >= 4 is 78.7 Å². The zero-order valence-corrected chi connectivity index (χ0v) is 33.0. The van der Waals surface area contributed by atoms with Gasteiger partial charge in [0.2, 0.25) is 16.8 Å². The van der Waals surface area contributed by atoms with Crippen molar-refractivity contribution in [3.8, 4) is 65.0 Å². The number of aliphatic imine (C=N–C) groups is 2. The molecule has 7 rings (SSSR count). The molecule has 0 bridgehead atoms. The van der Waals surface area contributed by atoms with Gasteiger partial charge in [0.1, 0.15) is 59.0 Å². The Bertz CT molecular complexity index is 2550. The molecular formula is C41H24N6O6S4. The summed E-state index contributed by atoms with van der Waals surface area (Å²) < 4.78 is 23.5. The molecule has 0 aliphatic heterocycles. The minimum atomic E-state index is -2.09. The molecule has 4 aromatic heterocycles. The monoisotopic (exact) mass is 824 g/mol. The van der Waals surface area contributed by atoms with E-state index in [-0.39, 0.29) is 24.6 Å². The maximum atomic E-state index is 14.9. The van der Waals surface area contributed by atoms with E-state index in [1.54, 1.807) is 48.5 Å². The van der Waals surface area contributed by atoms with Gasteiger partial charge in [-0.15, -0.1) is 45.3 Å². The van der Waals surface area contributed by atoms with Gasteiger partial charge in [0, 0.05) is 33.0 Å². The van der Waals surface area contributed by atoms with Gasteiger partial charge in [0.25, 0.3) is 0 Å². The Hall–Kier alpha value is -6.92. The molecule has 0 radical (unpaired) electrons. The highest BCUT2D eigenvalue weighted by atomic mass is 32.1. The molecule has 0 atom stereocenters. The summed E-state index contributed by atoms with van der Waals surface area (Å²) >= 11 is 5.00. The van der Waals surface area contributed by atoms with Crippen LogP contribution in [0.1, 0.15) is 22.3 Å². The highest BCUT2D eigenvalue weighted by molar-refractivity contribution is 7.30. The smallest absolute Gasteiger partial charge is 0.333 e. The summed E-state index contributed by atoms with van der Waals surface area (Å²) in [6.07, 6.45) is 0. The summed E-state index contributed by atoms with van der Waals surface area (Å²) in [5, 5.41) is 38.0. The molecule has 0 amide bonds. The van der Waals surface area contributed by atoms with E-state index >= 15 is 0 Å². The van der Waals surface area contributed by atoms with Gasteiger partial charge in [-0.2, -0.15) is 21.0 Å². The fourth-order valence-electron chi connectivity index (χ4n) is 6.08. The van der Waals surface area contributed by atoms with E-state index in [2.05, 4.69) is 9.98 Å². The molecule has 1 aliphatic rings. The van der Waals surface area contributed by atoms with Crippen molar-refractivity contribution in [2.24, 2.45) is 9.98 Å². The van der Waals surface area contributed by atoms with E-state index in [1.807, 2.05) is 60.7 Å². The van der Waals surface area contributed by atoms with Crippen molar-refractivity contribution in [3.63, 3.8) is 0 Å². The molecule has 0 saturated heterocycles. The Kier molecular flexibility index (Phi) is 11.1. The molecule has 16 heteroatoms. The second-order valence-electron chi connectivity index (χ2n) is 11.9. The lowest BCUT2D eigenvalue weighted by atomic mass is 9.79. The Morgan fingerprint density at radius 3 is 1.32 bits per heavy atom. The maximum Gasteiger partial charge on any atom is 0.333 e. The van der Waals surface area contributed by atoms with Gasteiger partial charge in [-0.05, 0) is 23.3 Å². The third-order valence-electron chi connectivity index (χ3n) is 8.64. The van der Waals surface area contributed by atoms with E-state index in [9.17, 15) is 30.6 Å². The number of hydrogen-bond donors (Lipinski definition) is 0. The van der Waals surface area contributed by atoms with Crippen molar-refractivity contribution in [1.82, 2.24) is 0 Å². The predicted molar refractivity (Wildman–Crippen MR) is 217 cm³/mol. The molecule has 2 aromatic carbocycles. The first kappa shape index (κ1) is 38.4. The molecule has 6 aromatic rings. The largest absolute Gasteiger partial charge is 0.495 e. The predicted octanol–water partition coefficient (Wildman–Crippen LogP) is 9.28. The molecule has 0 spiro atoms. The van der Waals surface area contributed by atoms with Crippen molar-refractivity contribution < 1.29 is 28.5 Å². The van der Waals surface area contributed by atoms with E-state index in [4.69, 9.17) is 18.9 Å². The van der Waals surface area contributed by atoms with Crippen LogP contribution in [0, 0.1) is 45.3 Å². The molecule has 12 nitrogen and oxygen atoms in total. The normalized spacial score (nSPS) is 11.7. The van der Waals surface area contributed by atoms with Gasteiger partial charge in [0.15, 0.2) is 0 Å². The Morgan fingerprint density at radius 1 is 0.579 bits per heavy atom. The Morgan fingerprint density at radius 2 is 0.965 bits per heavy atom. The van der Waals surface area contributed by atoms with Gasteiger partial charge in [0.05, 0.1) is 33.7 Å². The maximum absolute atomic E-state index is 14.9. The van der Waals surface area contributed by atoms with Crippen molar-refractivity contribution in [1.29, 1.82) is 21.0 Å². The molecule has 278 valence electrons. The number of thiophene rings is 4. The fraction of sp³-hybridized carbons (Fsp3) is 0.122. The topological polar surface area (TPSA) is 191 Å². The van der Waals surface area contributed by atoms with Gasteiger partial charge in [-0.3, -0.25) is 9.59 Å². The lowest BCUT2D eigenvalue weighted by Gasteiger charge is -2.26. The van der Waals surface area contributed by atoms with Crippen molar-refractivity contribution in [2.45, 2.75) is 18.6 Å². The van der Waals surface area contributed by atoms with Crippen LogP contribution >= 0.6 is 45.3 Å². The first-order valence-corrected chi connectivity index (χ1v) is 19.9. The molecular weight excluding hydrogens is 801 g/mol. The number of fused-ring (bicyclic) bond motifs is 3. The Labute approximate surface area is 341 Å². The zero-order valence-electron chi connectivity index (χ0n) is 29.8. The summed E-state index contributed by atoms with van der Waals surface area (Å²) in [5.74, 6) is -0.860. The minimum Gasteiger partial charge on any atom is -0.495 e. The van der Waals surface area contributed by atoms with Crippen LogP contribution in [0.2, 0.25) is 0 Å². The number of nitriles is 4. The second-order valence-corrected chi connectivity index (χ2v) is 16.1. The highest BCUT2D eigenvalue weighted by Crippen LogP contribution is 2.61. The van der Waals surface area contributed by atoms with Gasteiger partial charge < -0.3 is 18.9 Å². The standard InChI is InChI=1S/C41H24N6O6S4/c1-50-29-15-33(46-25(17-42)18-43)56-37(29)31-13-27-35(54-31)36-28(14-32(55-36)38-30(51-2)16-34(57-38)47-26(19-44)20-45)41(27,39(48)52-21-23-9-5-3-6-10-23)40(49)53-22-24-11-7-4-8-12-24/h3-16H,21-22H2,1-2H3. The summed E-state index contributed by atoms with van der Waals surface area (Å²) in [6.45, 7) is -0.237. The van der Waals surface area contributed by atoms with E-state index in [0.717, 1.165) is 0 Å². The number of hydrogen-bond acceptors (Lipinski definition) is 16. The van der Waals surface area contributed by atoms with Gasteiger partial charge in [-0.1, -0.05) is 60.7 Å². The van der Waals surface area contributed by atoms with Crippen LogP contribution in [0.4, 0.5) is 10.0 Å². The SMILES string of the molecule is COc1cc(N=C(C#N)C#N)sc1-c1cc2c(s1)-c1sc(-c3sc(N=C(C#N)C#N)cc3OC)cc1C2(C(=O)OCc1ccccc1)C(=O)OCc1ccccc1. The summed E-state index contributed by atoms with van der Waals surface area (Å²) in [4.78, 5) is 41.9. The molecule has 0 saturated carbocycles. The highest BCUT2D eigenvalue weighted by Gasteiger charge is 2.60. The second kappa shape index (κ2) is 16.4. The third-order valence-corrected chi connectivity index (χ3v) is 13.5. The van der Waals surface area contributed by atoms with E-state index in [0.29, 0.717) is 73.0 Å². The van der Waals surface area contributed by atoms with Crippen LogP contribution in [0.15, 0.2) is 94.9 Å². The van der Waals surface area contributed by atoms with Gasteiger partial charge in [-0.25, -0.2) is 9.98 Å². The average molecular weight is 825 g/mol. The molecule has 0 N–H and O–H groups in total. The molecule has 4 heterocycles. The number of nitrogens with zero attached hydrogens (tertiary/aromatic N) is 6. The summed E-state index contributed by atoms with van der Waals surface area (Å²) in [7, 11) is 2.96. The van der Waals surface area contributed by atoms with Crippen molar-refractivity contribution in [2.75, 3.05) is 14.2 Å². The molecule has 0 unspecified atom stereocenters. The number of carbonyl (C=O) groups is 2. The van der Waals surface area contributed by atoms with E-state index in [1.165, 1.54) is 59.6 Å². The van der Waals surface area contributed by atoms with Crippen LogP contribution in [0.25, 0.3) is 29.3 Å². The summed E-state index contributed by atoms with van der Waals surface area (Å²) in [6, 6.07) is 32.0. The number of ether oxygens (including phenoxy) is 4. The van der Waals surface area contributed by atoms with Crippen LogP contribution < -0.4 is 9.47 Å². The molecule has 1 aliphatic carbocycles. The molecule has 57 heavy (non-hydrogen) atoms. The van der Waals surface area contributed by atoms with Gasteiger partial charge >= 0.3 is 11.9 Å². The van der Waals surface area contributed by atoms with Crippen LogP contribution in [-0.2, 0) is 37.7 Å². The summed E-state index contributed by atoms with van der Waals surface area (Å²) in [5.41, 5.74) is -0.597. The number of methoxy groups -OCH3 is 2. The van der Waals surface area contributed by atoms with E-state index < -0.39 is 17.4 Å². The lowest BCUT2D eigenvalue weighted by Crippen LogP contribution is -2.45. The third kappa shape index (κ3) is 7.18. The quantitative estimate of drug-likeness (QED) is 0.0653. The Balaban J connectivity index is 1.44. The number of rotatable bonds is 12. The fourth-order valence-corrected chi connectivity index (χ4v) is 10.9.